The lowest BCUT2D eigenvalue weighted by Crippen LogP contribution is -2.47. The zero-order valence-corrected chi connectivity index (χ0v) is 12.7. The molecule has 0 radical (unpaired) electrons. The van der Waals surface area contributed by atoms with Crippen LogP contribution in [0.2, 0.25) is 0 Å². The van der Waals surface area contributed by atoms with Crippen LogP contribution in [0.1, 0.15) is 25.8 Å². The summed E-state index contributed by atoms with van der Waals surface area (Å²) in [6, 6.07) is 10.4. The average Bonchev–Trinajstić information content (AvgIpc) is 2.48. The van der Waals surface area contributed by atoms with Gasteiger partial charge in [-0.05, 0) is 18.5 Å². The molecule has 0 aliphatic carbocycles. The Bertz CT molecular complexity index is 507. The SMILES string of the molecule is CC(=O)OC1CCNC(C=CC=Cc2ccccc2)C1C. The lowest BCUT2D eigenvalue weighted by molar-refractivity contribution is -0.150. The minimum Gasteiger partial charge on any atom is -0.462 e. The second-order valence-electron chi connectivity index (χ2n) is 5.43. The van der Waals surface area contributed by atoms with E-state index in [2.05, 4.69) is 42.6 Å². The molecule has 3 unspecified atom stereocenters. The van der Waals surface area contributed by atoms with Gasteiger partial charge in [-0.25, -0.2) is 0 Å². The van der Waals surface area contributed by atoms with Crippen LogP contribution >= 0.6 is 0 Å². The van der Waals surface area contributed by atoms with E-state index in [1.807, 2.05) is 24.3 Å². The Morgan fingerprint density at radius 1 is 1.29 bits per heavy atom. The highest BCUT2D eigenvalue weighted by Crippen LogP contribution is 2.21. The molecule has 112 valence electrons. The molecule has 1 heterocycles. The van der Waals surface area contributed by atoms with Gasteiger partial charge in [0.1, 0.15) is 6.10 Å². The molecule has 0 saturated carbocycles. The van der Waals surface area contributed by atoms with E-state index >= 15 is 0 Å². The summed E-state index contributed by atoms with van der Waals surface area (Å²) in [5.41, 5.74) is 1.18. The van der Waals surface area contributed by atoms with Crippen LogP contribution in [0, 0.1) is 5.92 Å². The van der Waals surface area contributed by atoms with Gasteiger partial charge in [0.05, 0.1) is 0 Å². The number of benzene rings is 1. The summed E-state index contributed by atoms with van der Waals surface area (Å²) in [6.45, 7) is 4.47. The molecule has 1 aromatic rings. The quantitative estimate of drug-likeness (QED) is 0.682. The van der Waals surface area contributed by atoms with E-state index in [0.29, 0.717) is 0 Å². The fourth-order valence-corrected chi connectivity index (χ4v) is 2.61. The van der Waals surface area contributed by atoms with Gasteiger partial charge in [-0.2, -0.15) is 0 Å². The van der Waals surface area contributed by atoms with Gasteiger partial charge in [0.25, 0.3) is 0 Å². The summed E-state index contributed by atoms with van der Waals surface area (Å²) in [5, 5.41) is 3.46. The highest BCUT2D eigenvalue weighted by Gasteiger charge is 2.29. The van der Waals surface area contributed by atoms with E-state index in [1.54, 1.807) is 0 Å². The minimum absolute atomic E-state index is 0.0107. The van der Waals surface area contributed by atoms with Gasteiger partial charge in [0.2, 0.25) is 0 Å². The van der Waals surface area contributed by atoms with Gasteiger partial charge in [-0.3, -0.25) is 4.79 Å². The summed E-state index contributed by atoms with van der Waals surface area (Å²) in [6.07, 6.45) is 9.20. The first-order valence-corrected chi connectivity index (χ1v) is 7.47. The largest absolute Gasteiger partial charge is 0.462 e. The third-order valence-corrected chi connectivity index (χ3v) is 3.80. The highest BCUT2D eigenvalue weighted by molar-refractivity contribution is 5.66. The van der Waals surface area contributed by atoms with Crippen molar-refractivity contribution in [3.05, 3.63) is 54.1 Å². The van der Waals surface area contributed by atoms with Gasteiger partial charge in [0.15, 0.2) is 0 Å². The summed E-state index contributed by atoms with van der Waals surface area (Å²) in [4.78, 5) is 11.1. The third kappa shape index (κ3) is 4.87. The second-order valence-corrected chi connectivity index (χ2v) is 5.43. The lowest BCUT2D eigenvalue weighted by Gasteiger charge is -2.34. The molecule has 1 N–H and O–H groups in total. The number of hydrogen-bond donors (Lipinski definition) is 1. The molecular weight excluding hydrogens is 262 g/mol. The van der Waals surface area contributed by atoms with Crippen molar-refractivity contribution in [1.29, 1.82) is 0 Å². The van der Waals surface area contributed by atoms with E-state index in [4.69, 9.17) is 4.74 Å². The Labute approximate surface area is 126 Å². The summed E-state index contributed by atoms with van der Waals surface area (Å²) in [7, 11) is 0. The maximum absolute atomic E-state index is 11.1. The number of carbonyl (C=O) groups is 1. The Hall–Kier alpha value is -1.87. The van der Waals surface area contributed by atoms with Crippen LogP contribution in [-0.2, 0) is 9.53 Å². The van der Waals surface area contributed by atoms with Gasteiger partial charge in [-0.1, -0.05) is 61.6 Å². The molecule has 3 heteroatoms. The molecular formula is C18H23NO2. The molecule has 1 aliphatic rings. The molecule has 0 bridgehead atoms. The van der Waals surface area contributed by atoms with E-state index in [9.17, 15) is 4.79 Å². The second kappa shape index (κ2) is 7.79. The zero-order chi connectivity index (χ0) is 15.1. The average molecular weight is 285 g/mol. The lowest BCUT2D eigenvalue weighted by atomic mass is 9.89. The van der Waals surface area contributed by atoms with Crippen molar-refractivity contribution in [3.8, 4) is 0 Å². The van der Waals surface area contributed by atoms with Gasteiger partial charge < -0.3 is 10.1 Å². The first-order chi connectivity index (χ1) is 10.2. The van der Waals surface area contributed by atoms with Crippen molar-refractivity contribution < 1.29 is 9.53 Å². The van der Waals surface area contributed by atoms with Crippen LogP contribution in [0.15, 0.2) is 48.6 Å². The molecule has 0 amide bonds. The number of hydrogen-bond acceptors (Lipinski definition) is 3. The predicted molar refractivity (Wildman–Crippen MR) is 85.7 cm³/mol. The number of nitrogens with one attached hydrogen (secondary N) is 1. The first kappa shape index (κ1) is 15.5. The van der Waals surface area contributed by atoms with E-state index in [1.165, 1.54) is 12.5 Å². The Morgan fingerprint density at radius 3 is 2.76 bits per heavy atom. The monoisotopic (exact) mass is 285 g/mol. The Morgan fingerprint density at radius 2 is 2.05 bits per heavy atom. The number of allylic oxidation sites excluding steroid dienone is 2. The molecule has 21 heavy (non-hydrogen) atoms. The summed E-state index contributed by atoms with van der Waals surface area (Å²) in [5.74, 6) is 0.0875. The summed E-state index contributed by atoms with van der Waals surface area (Å²) < 4.78 is 5.38. The van der Waals surface area contributed by atoms with Crippen LogP contribution in [-0.4, -0.2) is 24.7 Å². The standard InChI is InChI=1S/C18H23NO2/c1-14-17(19-13-12-18(14)21-15(2)20)11-7-6-10-16-8-4-3-5-9-16/h3-11,14,17-19H,12-13H2,1-2H3. The predicted octanol–water partition coefficient (Wildman–Crippen LogP) is 3.19. The first-order valence-electron chi connectivity index (χ1n) is 7.47. The molecule has 0 aromatic heterocycles. The highest BCUT2D eigenvalue weighted by atomic mass is 16.5. The maximum atomic E-state index is 11.1. The number of ether oxygens (including phenoxy) is 1. The van der Waals surface area contributed by atoms with Gasteiger partial charge in [0, 0.05) is 18.9 Å². The molecule has 3 atom stereocenters. The molecule has 1 saturated heterocycles. The van der Waals surface area contributed by atoms with Crippen LogP contribution in [0.5, 0.6) is 0 Å². The maximum Gasteiger partial charge on any atom is 0.302 e. The smallest absolute Gasteiger partial charge is 0.302 e. The molecule has 1 aromatic carbocycles. The van der Waals surface area contributed by atoms with Crippen LogP contribution < -0.4 is 5.32 Å². The van der Waals surface area contributed by atoms with E-state index < -0.39 is 0 Å². The molecule has 0 spiro atoms. The number of piperidine rings is 1. The van der Waals surface area contributed by atoms with Crippen LogP contribution in [0.4, 0.5) is 0 Å². The van der Waals surface area contributed by atoms with Crippen molar-refractivity contribution in [2.24, 2.45) is 5.92 Å². The van der Waals surface area contributed by atoms with Crippen molar-refractivity contribution >= 4 is 12.0 Å². The molecule has 3 nitrogen and oxygen atoms in total. The van der Waals surface area contributed by atoms with Crippen LogP contribution in [0.25, 0.3) is 6.08 Å². The fourth-order valence-electron chi connectivity index (χ4n) is 2.61. The van der Waals surface area contributed by atoms with Gasteiger partial charge >= 0.3 is 5.97 Å². The molecule has 1 fully saturated rings. The van der Waals surface area contributed by atoms with E-state index in [-0.39, 0.29) is 24.0 Å². The van der Waals surface area contributed by atoms with E-state index in [0.717, 1.165) is 13.0 Å². The van der Waals surface area contributed by atoms with Crippen molar-refractivity contribution in [1.82, 2.24) is 5.32 Å². The number of rotatable bonds is 4. The third-order valence-electron chi connectivity index (χ3n) is 3.80. The minimum atomic E-state index is -0.194. The Balaban J connectivity index is 1.90. The van der Waals surface area contributed by atoms with Crippen LogP contribution in [0.3, 0.4) is 0 Å². The molecule has 1 aliphatic heterocycles. The fraction of sp³-hybridized carbons (Fsp3) is 0.389. The van der Waals surface area contributed by atoms with Gasteiger partial charge in [-0.15, -0.1) is 0 Å². The number of carbonyl (C=O) groups excluding carboxylic acids is 1. The van der Waals surface area contributed by atoms with Crippen molar-refractivity contribution in [2.75, 3.05) is 6.54 Å². The molecule has 2 rings (SSSR count). The zero-order valence-electron chi connectivity index (χ0n) is 12.7. The van der Waals surface area contributed by atoms with Crippen molar-refractivity contribution in [2.45, 2.75) is 32.4 Å². The summed E-state index contributed by atoms with van der Waals surface area (Å²) >= 11 is 0. The number of esters is 1. The Kier molecular flexibility index (Phi) is 5.76. The normalized spacial score (nSPS) is 26.3. The van der Waals surface area contributed by atoms with Crippen molar-refractivity contribution in [3.63, 3.8) is 0 Å². The topological polar surface area (TPSA) is 38.3 Å².